The van der Waals surface area contributed by atoms with Crippen LogP contribution in [-0.2, 0) is 11.3 Å². The number of rotatable bonds is 5. The Morgan fingerprint density at radius 2 is 2.31 bits per heavy atom. The van der Waals surface area contributed by atoms with Crippen LogP contribution in [0.5, 0.6) is 0 Å². The first-order valence-electron chi connectivity index (χ1n) is 5.04. The Kier molecular flexibility index (Phi) is 4.04. The zero-order valence-corrected chi connectivity index (χ0v) is 9.38. The van der Waals surface area contributed by atoms with Gasteiger partial charge in [0.1, 0.15) is 0 Å². The first-order chi connectivity index (χ1) is 7.56. The molecule has 1 aromatic heterocycles. The molecule has 6 nitrogen and oxygen atoms in total. The standard InChI is InChI=1S/C10H15N3O3/c1-3-13-7-5-11-9(10(13)16)12(2)6-4-8(14)15/h5,7H,3-4,6H2,1-2H3,(H,14,15). The monoisotopic (exact) mass is 225 g/mol. The summed E-state index contributed by atoms with van der Waals surface area (Å²) < 4.78 is 1.53. The molecule has 0 amide bonds. The van der Waals surface area contributed by atoms with Crippen molar-refractivity contribution in [3.63, 3.8) is 0 Å². The van der Waals surface area contributed by atoms with E-state index in [1.807, 2.05) is 6.92 Å². The fraction of sp³-hybridized carbons (Fsp3) is 0.500. The van der Waals surface area contributed by atoms with Crippen LogP contribution < -0.4 is 10.5 Å². The summed E-state index contributed by atoms with van der Waals surface area (Å²) in [4.78, 5) is 27.7. The molecule has 0 fully saturated rings. The van der Waals surface area contributed by atoms with Crippen molar-refractivity contribution >= 4 is 11.8 Å². The van der Waals surface area contributed by atoms with Crippen molar-refractivity contribution in [2.45, 2.75) is 19.9 Å². The topological polar surface area (TPSA) is 75.4 Å². The Morgan fingerprint density at radius 1 is 1.62 bits per heavy atom. The van der Waals surface area contributed by atoms with Gasteiger partial charge in [0, 0.05) is 32.5 Å². The highest BCUT2D eigenvalue weighted by Gasteiger charge is 2.10. The van der Waals surface area contributed by atoms with Crippen LogP contribution in [0.3, 0.4) is 0 Å². The maximum absolute atomic E-state index is 11.8. The number of hydrogen-bond acceptors (Lipinski definition) is 4. The van der Waals surface area contributed by atoms with Crippen molar-refractivity contribution in [2.75, 3.05) is 18.5 Å². The molecule has 0 aliphatic carbocycles. The molecule has 0 spiro atoms. The summed E-state index contributed by atoms with van der Waals surface area (Å²) in [5.74, 6) is -0.607. The lowest BCUT2D eigenvalue weighted by Crippen LogP contribution is -2.31. The minimum atomic E-state index is -0.890. The molecule has 1 N–H and O–H groups in total. The number of aliphatic carboxylic acids is 1. The predicted molar refractivity (Wildman–Crippen MR) is 59.7 cm³/mol. The van der Waals surface area contributed by atoms with Gasteiger partial charge in [0.25, 0.3) is 5.56 Å². The van der Waals surface area contributed by atoms with E-state index in [1.165, 1.54) is 10.8 Å². The highest BCUT2D eigenvalue weighted by Crippen LogP contribution is 2.01. The van der Waals surface area contributed by atoms with E-state index >= 15 is 0 Å². The van der Waals surface area contributed by atoms with Crippen molar-refractivity contribution in [3.8, 4) is 0 Å². The Balaban J connectivity index is 2.87. The second-order valence-electron chi connectivity index (χ2n) is 3.41. The molecule has 0 saturated carbocycles. The van der Waals surface area contributed by atoms with Gasteiger partial charge in [-0.1, -0.05) is 0 Å². The number of nitrogens with zero attached hydrogens (tertiary/aromatic N) is 3. The summed E-state index contributed by atoms with van der Waals surface area (Å²) in [6.45, 7) is 2.70. The summed E-state index contributed by atoms with van der Waals surface area (Å²) in [6.07, 6.45) is 3.13. The Morgan fingerprint density at radius 3 is 2.88 bits per heavy atom. The molecule has 1 aromatic rings. The van der Waals surface area contributed by atoms with Crippen molar-refractivity contribution in [3.05, 3.63) is 22.7 Å². The average Bonchev–Trinajstić information content (AvgIpc) is 2.26. The molecule has 0 unspecified atom stereocenters. The Bertz CT molecular complexity index is 428. The van der Waals surface area contributed by atoms with Gasteiger partial charge in [-0.25, -0.2) is 4.98 Å². The number of hydrogen-bond donors (Lipinski definition) is 1. The highest BCUT2D eigenvalue weighted by molar-refractivity contribution is 5.67. The number of carboxylic acids is 1. The molecule has 0 atom stereocenters. The van der Waals surface area contributed by atoms with Gasteiger partial charge in [0.2, 0.25) is 0 Å². The van der Waals surface area contributed by atoms with Crippen LogP contribution in [0.2, 0.25) is 0 Å². The molecule has 1 rings (SSSR count). The summed E-state index contributed by atoms with van der Waals surface area (Å²) >= 11 is 0. The molecular weight excluding hydrogens is 210 g/mol. The molecule has 0 aliphatic rings. The average molecular weight is 225 g/mol. The van der Waals surface area contributed by atoms with Crippen LogP contribution in [-0.4, -0.2) is 34.2 Å². The third kappa shape index (κ3) is 2.82. The number of carboxylic acid groups (broad SMARTS) is 1. The minimum absolute atomic E-state index is 0.0152. The fourth-order valence-electron chi connectivity index (χ4n) is 1.32. The normalized spacial score (nSPS) is 10.1. The van der Waals surface area contributed by atoms with Gasteiger partial charge in [-0.05, 0) is 6.92 Å². The van der Waals surface area contributed by atoms with Crippen LogP contribution in [0.15, 0.2) is 17.2 Å². The molecule has 6 heteroatoms. The quantitative estimate of drug-likeness (QED) is 0.773. The van der Waals surface area contributed by atoms with Gasteiger partial charge in [0.05, 0.1) is 6.42 Å². The van der Waals surface area contributed by atoms with Crippen molar-refractivity contribution < 1.29 is 9.90 Å². The van der Waals surface area contributed by atoms with Crippen LogP contribution in [0, 0.1) is 0 Å². The maximum atomic E-state index is 11.8. The highest BCUT2D eigenvalue weighted by atomic mass is 16.4. The molecular formula is C10H15N3O3. The SMILES string of the molecule is CCn1ccnc(N(C)CCC(=O)O)c1=O. The molecule has 0 radical (unpaired) electrons. The van der Waals surface area contributed by atoms with Crippen LogP contribution >= 0.6 is 0 Å². The smallest absolute Gasteiger partial charge is 0.305 e. The summed E-state index contributed by atoms with van der Waals surface area (Å²) in [5, 5.41) is 8.55. The molecule has 88 valence electrons. The lowest BCUT2D eigenvalue weighted by Gasteiger charge is -2.16. The van der Waals surface area contributed by atoms with E-state index in [9.17, 15) is 9.59 Å². The summed E-state index contributed by atoms with van der Waals surface area (Å²) in [5.41, 5.74) is -0.196. The fourth-order valence-corrected chi connectivity index (χ4v) is 1.32. The number of aromatic nitrogens is 2. The van der Waals surface area contributed by atoms with E-state index < -0.39 is 5.97 Å². The third-order valence-electron chi connectivity index (χ3n) is 2.26. The van der Waals surface area contributed by atoms with Gasteiger partial charge < -0.3 is 14.6 Å². The largest absolute Gasteiger partial charge is 0.481 e. The van der Waals surface area contributed by atoms with Crippen LogP contribution in [0.25, 0.3) is 0 Å². The van der Waals surface area contributed by atoms with E-state index in [0.717, 1.165) is 0 Å². The van der Waals surface area contributed by atoms with E-state index in [4.69, 9.17) is 5.11 Å². The second kappa shape index (κ2) is 5.29. The summed E-state index contributed by atoms with van der Waals surface area (Å²) in [7, 11) is 1.66. The zero-order chi connectivity index (χ0) is 12.1. The van der Waals surface area contributed by atoms with E-state index in [0.29, 0.717) is 6.54 Å². The summed E-state index contributed by atoms with van der Waals surface area (Å²) in [6, 6.07) is 0. The van der Waals surface area contributed by atoms with Crippen molar-refractivity contribution in [1.82, 2.24) is 9.55 Å². The molecule has 0 saturated heterocycles. The van der Waals surface area contributed by atoms with Crippen LogP contribution in [0.4, 0.5) is 5.82 Å². The van der Waals surface area contributed by atoms with E-state index in [2.05, 4.69) is 4.98 Å². The number of aryl methyl sites for hydroxylation is 1. The third-order valence-corrected chi connectivity index (χ3v) is 2.26. The van der Waals surface area contributed by atoms with Crippen molar-refractivity contribution in [1.29, 1.82) is 0 Å². The second-order valence-corrected chi connectivity index (χ2v) is 3.41. The van der Waals surface area contributed by atoms with Gasteiger partial charge >= 0.3 is 5.97 Å². The minimum Gasteiger partial charge on any atom is -0.481 e. The van der Waals surface area contributed by atoms with Gasteiger partial charge in [0.15, 0.2) is 5.82 Å². The predicted octanol–water partition coefficient (Wildman–Crippen LogP) is 0.174. The van der Waals surface area contributed by atoms with Gasteiger partial charge in [-0.3, -0.25) is 9.59 Å². The van der Waals surface area contributed by atoms with Gasteiger partial charge in [-0.15, -0.1) is 0 Å². The van der Waals surface area contributed by atoms with Crippen LogP contribution in [0.1, 0.15) is 13.3 Å². The molecule has 16 heavy (non-hydrogen) atoms. The molecule has 0 aliphatic heterocycles. The first kappa shape index (κ1) is 12.2. The van der Waals surface area contributed by atoms with E-state index in [-0.39, 0.29) is 24.3 Å². The maximum Gasteiger partial charge on any atom is 0.305 e. The Hall–Kier alpha value is -1.85. The van der Waals surface area contributed by atoms with Crippen molar-refractivity contribution in [2.24, 2.45) is 0 Å². The zero-order valence-electron chi connectivity index (χ0n) is 9.38. The molecule has 0 aromatic carbocycles. The lowest BCUT2D eigenvalue weighted by molar-refractivity contribution is -0.136. The molecule has 0 bridgehead atoms. The lowest BCUT2D eigenvalue weighted by atomic mass is 10.4. The van der Waals surface area contributed by atoms with Gasteiger partial charge in [-0.2, -0.15) is 0 Å². The molecule has 1 heterocycles. The number of carbonyl (C=O) groups is 1. The number of anilines is 1. The first-order valence-corrected chi connectivity index (χ1v) is 5.04. The Labute approximate surface area is 93.1 Å². The van der Waals surface area contributed by atoms with E-state index in [1.54, 1.807) is 18.1 Å².